The van der Waals surface area contributed by atoms with Gasteiger partial charge in [0.2, 0.25) is 0 Å². The van der Waals surface area contributed by atoms with Crippen molar-refractivity contribution >= 4 is 5.96 Å². The fraction of sp³-hybridized carbons (Fsp3) is 0.435. The SMILES string of the molecule is CCNC(=NCC1CCCOC1c1ccccc1)NCCOc1ccccc1. The molecule has 0 spiro atoms. The molecule has 0 amide bonds. The van der Waals surface area contributed by atoms with Crippen LogP contribution in [0.4, 0.5) is 0 Å². The Hall–Kier alpha value is -2.53. The molecule has 2 N–H and O–H groups in total. The van der Waals surface area contributed by atoms with Crippen LogP contribution in [-0.2, 0) is 4.74 Å². The summed E-state index contributed by atoms with van der Waals surface area (Å²) in [7, 11) is 0. The Kier molecular flexibility index (Phi) is 8.19. The monoisotopic (exact) mass is 381 g/mol. The number of guanidine groups is 1. The van der Waals surface area contributed by atoms with E-state index in [1.807, 2.05) is 36.4 Å². The summed E-state index contributed by atoms with van der Waals surface area (Å²) in [5.41, 5.74) is 1.25. The highest BCUT2D eigenvalue weighted by Crippen LogP contribution is 2.33. The molecule has 1 fully saturated rings. The number of rotatable bonds is 8. The van der Waals surface area contributed by atoms with E-state index in [0.717, 1.165) is 44.2 Å². The van der Waals surface area contributed by atoms with Crippen molar-refractivity contribution in [2.24, 2.45) is 10.9 Å². The van der Waals surface area contributed by atoms with Crippen LogP contribution in [0.25, 0.3) is 0 Å². The van der Waals surface area contributed by atoms with Gasteiger partial charge in [0, 0.05) is 25.6 Å². The Labute approximate surface area is 168 Å². The maximum atomic E-state index is 6.09. The Morgan fingerprint density at radius 3 is 2.57 bits per heavy atom. The highest BCUT2D eigenvalue weighted by molar-refractivity contribution is 5.79. The standard InChI is InChI=1S/C23H31N3O2/c1-2-24-23(25-15-17-27-21-13-7-4-8-14-21)26-18-20-12-9-16-28-22(20)19-10-5-3-6-11-19/h3-8,10-11,13-14,20,22H,2,9,12,15-18H2,1H3,(H2,24,25,26). The van der Waals surface area contributed by atoms with Gasteiger partial charge in [0.05, 0.1) is 12.6 Å². The summed E-state index contributed by atoms with van der Waals surface area (Å²) >= 11 is 0. The lowest BCUT2D eigenvalue weighted by Gasteiger charge is -2.31. The minimum absolute atomic E-state index is 0.128. The van der Waals surface area contributed by atoms with Gasteiger partial charge in [0.25, 0.3) is 0 Å². The predicted octanol–water partition coefficient (Wildman–Crippen LogP) is 3.79. The molecule has 150 valence electrons. The average molecular weight is 382 g/mol. The second-order valence-electron chi connectivity index (χ2n) is 6.91. The van der Waals surface area contributed by atoms with Crippen LogP contribution >= 0.6 is 0 Å². The molecule has 5 heteroatoms. The van der Waals surface area contributed by atoms with E-state index in [9.17, 15) is 0 Å². The van der Waals surface area contributed by atoms with E-state index in [1.165, 1.54) is 5.56 Å². The molecule has 1 saturated heterocycles. The maximum absolute atomic E-state index is 6.09. The van der Waals surface area contributed by atoms with E-state index in [4.69, 9.17) is 14.5 Å². The molecule has 28 heavy (non-hydrogen) atoms. The molecular weight excluding hydrogens is 350 g/mol. The summed E-state index contributed by atoms with van der Waals surface area (Å²) in [5, 5.41) is 6.68. The zero-order valence-corrected chi connectivity index (χ0v) is 16.6. The van der Waals surface area contributed by atoms with Gasteiger partial charge in [0.1, 0.15) is 12.4 Å². The molecule has 0 aliphatic carbocycles. The van der Waals surface area contributed by atoms with Crippen molar-refractivity contribution in [3.05, 3.63) is 66.2 Å². The summed E-state index contributed by atoms with van der Waals surface area (Å²) in [6.07, 6.45) is 2.36. The minimum Gasteiger partial charge on any atom is -0.492 e. The molecule has 2 atom stereocenters. The van der Waals surface area contributed by atoms with Crippen LogP contribution in [0.2, 0.25) is 0 Å². The number of hydrogen-bond donors (Lipinski definition) is 2. The summed E-state index contributed by atoms with van der Waals surface area (Å²) in [6.45, 7) is 5.77. The van der Waals surface area contributed by atoms with Crippen LogP contribution in [0.5, 0.6) is 5.75 Å². The topological polar surface area (TPSA) is 54.9 Å². The van der Waals surface area contributed by atoms with E-state index in [0.29, 0.717) is 19.1 Å². The third kappa shape index (κ3) is 6.27. The van der Waals surface area contributed by atoms with Crippen molar-refractivity contribution in [2.75, 3.05) is 32.8 Å². The summed E-state index contributed by atoms with van der Waals surface area (Å²) in [5.74, 6) is 2.11. The molecule has 2 aromatic rings. The average Bonchev–Trinajstić information content (AvgIpc) is 2.76. The second kappa shape index (κ2) is 11.3. The Morgan fingerprint density at radius 1 is 1.07 bits per heavy atom. The number of aliphatic imine (C=N–C) groups is 1. The lowest BCUT2D eigenvalue weighted by Crippen LogP contribution is -2.40. The van der Waals surface area contributed by atoms with E-state index in [1.54, 1.807) is 0 Å². The lowest BCUT2D eigenvalue weighted by atomic mass is 9.89. The molecule has 1 aliphatic heterocycles. The number of ether oxygens (including phenoxy) is 2. The smallest absolute Gasteiger partial charge is 0.191 e. The van der Waals surface area contributed by atoms with Crippen LogP contribution in [0, 0.1) is 5.92 Å². The number of para-hydroxylation sites is 1. The second-order valence-corrected chi connectivity index (χ2v) is 6.91. The molecule has 0 radical (unpaired) electrons. The van der Waals surface area contributed by atoms with Gasteiger partial charge in [-0.15, -0.1) is 0 Å². The van der Waals surface area contributed by atoms with E-state index in [2.05, 4.69) is 41.8 Å². The number of benzene rings is 2. The van der Waals surface area contributed by atoms with Crippen molar-refractivity contribution in [1.82, 2.24) is 10.6 Å². The fourth-order valence-corrected chi connectivity index (χ4v) is 3.45. The van der Waals surface area contributed by atoms with Gasteiger partial charge in [-0.25, -0.2) is 0 Å². The first kappa shape index (κ1) is 20.2. The molecule has 5 nitrogen and oxygen atoms in total. The lowest BCUT2D eigenvalue weighted by molar-refractivity contribution is -0.0250. The van der Waals surface area contributed by atoms with E-state index < -0.39 is 0 Å². The molecule has 0 saturated carbocycles. The highest BCUT2D eigenvalue weighted by atomic mass is 16.5. The van der Waals surface area contributed by atoms with Crippen molar-refractivity contribution in [2.45, 2.75) is 25.9 Å². The van der Waals surface area contributed by atoms with Gasteiger partial charge in [-0.1, -0.05) is 48.5 Å². The molecule has 0 bridgehead atoms. The molecule has 1 heterocycles. The zero-order valence-electron chi connectivity index (χ0n) is 16.6. The van der Waals surface area contributed by atoms with Crippen LogP contribution in [0.3, 0.4) is 0 Å². The van der Waals surface area contributed by atoms with Gasteiger partial charge < -0.3 is 20.1 Å². The fourth-order valence-electron chi connectivity index (χ4n) is 3.45. The van der Waals surface area contributed by atoms with Crippen molar-refractivity contribution < 1.29 is 9.47 Å². The summed E-state index contributed by atoms with van der Waals surface area (Å²) < 4.78 is 11.8. The molecule has 1 aliphatic rings. The highest BCUT2D eigenvalue weighted by Gasteiger charge is 2.27. The van der Waals surface area contributed by atoms with E-state index >= 15 is 0 Å². The molecule has 3 rings (SSSR count). The summed E-state index contributed by atoms with van der Waals surface area (Å²) in [6, 6.07) is 20.4. The number of nitrogens with one attached hydrogen (secondary N) is 2. The first-order chi connectivity index (χ1) is 13.9. The van der Waals surface area contributed by atoms with Gasteiger partial charge in [-0.3, -0.25) is 4.99 Å². The Balaban J connectivity index is 1.52. The third-order valence-corrected chi connectivity index (χ3v) is 4.81. The zero-order chi connectivity index (χ0) is 19.4. The minimum atomic E-state index is 0.128. The predicted molar refractivity (Wildman–Crippen MR) is 114 cm³/mol. The maximum Gasteiger partial charge on any atom is 0.191 e. The van der Waals surface area contributed by atoms with Crippen LogP contribution < -0.4 is 15.4 Å². The Morgan fingerprint density at radius 2 is 1.82 bits per heavy atom. The quantitative estimate of drug-likeness (QED) is 0.415. The van der Waals surface area contributed by atoms with Crippen molar-refractivity contribution in [1.29, 1.82) is 0 Å². The van der Waals surface area contributed by atoms with Crippen LogP contribution in [0.1, 0.15) is 31.4 Å². The summed E-state index contributed by atoms with van der Waals surface area (Å²) in [4.78, 5) is 4.82. The van der Waals surface area contributed by atoms with Crippen LogP contribution in [-0.4, -0.2) is 38.8 Å². The first-order valence-electron chi connectivity index (χ1n) is 10.2. The van der Waals surface area contributed by atoms with Gasteiger partial charge in [0.15, 0.2) is 5.96 Å². The van der Waals surface area contributed by atoms with Crippen molar-refractivity contribution in [3.8, 4) is 5.75 Å². The first-order valence-corrected chi connectivity index (χ1v) is 10.2. The van der Waals surface area contributed by atoms with Crippen LogP contribution in [0.15, 0.2) is 65.7 Å². The number of hydrogen-bond acceptors (Lipinski definition) is 3. The largest absolute Gasteiger partial charge is 0.492 e. The number of nitrogens with zero attached hydrogens (tertiary/aromatic N) is 1. The van der Waals surface area contributed by atoms with Gasteiger partial charge in [-0.2, -0.15) is 0 Å². The Bertz CT molecular complexity index is 706. The van der Waals surface area contributed by atoms with E-state index in [-0.39, 0.29) is 6.10 Å². The molecule has 0 aromatic heterocycles. The normalized spacial score (nSPS) is 19.8. The molecule has 2 unspecified atom stereocenters. The van der Waals surface area contributed by atoms with Gasteiger partial charge in [-0.05, 0) is 37.5 Å². The third-order valence-electron chi connectivity index (χ3n) is 4.81. The molecular formula is C23H31N3O2. The molecule has 2 aromatic carbocycles. The van der Waals surface area contributed by atoms with Gasteiger partial charge >= 0.3 is 0 Å². The van der Waals surface area contributed by atoms with Crippen molar-refractivity contribution in [3.63, 3.8) is 0 Å².